The molecule has 2 rings (SSSR count). The van der Waals surface area contributed by atoms with Gasteiger partial charge in [-0.25, -0.2) is 9.97 Å². The first-order valence-electron chi connectivity index (χ1n) is 5.34. The first-order chi connectivity index (χ1) is 8.36. The minimum atomic E-state index is 0.161. The number of ketones is 1. The molecular formula is C13H12N2OS. The van der Waals surface area contributed by atoms with Crippen LogP contribution in [0.15, 0.2) is 53.9 Å². The zero-order valence-electron chi connectivity index (χ0n) is 9.24. The van der Waals surface area contributed by atoms with Gasteiger partial charge in [-0.2, -0.15) is 0 Å². The van der Waals surface area contributed by atoms with Gasteiger partial charge < -0.3 is 0 Å². The van der Waals surface area contributed by atoms with Gasteiger partial charge >= 0.3 is 0 Å². The number of hydrogen-bond donors (Lipinski definition) is 0. The summed E-state index contributed by atoms with van der Waals surface area (Å²) in [7, 11) is 0. The molecule has 0 spiro atoms. The molecule has 4 heteroatoms. The van der Waals surface area contributed by atoms with E-state index in [2.05, 4.69) is 9.97 Å². The lowest BCUT2D eigenvalue weighted by atomic mass is 10.1. The summed E-state index contributed by atoms with van der Waals surface area (Å²) in [6.45, 7) is 0. The molecule has 0 bridgehead atoms. The van der Waals surface area contributed by atoms with Gasteiger partial charge in [0.05, 0.1) is 0 Å². The molecule has 0 aliphatic rings. The van der Waals surface area contributed by atoms with Crippen molar-refractivity contribution in [2.75, 3.05) is 5.75 Å². The summed E-state index contributed by atoms with van der Waals surface area (Å²) >= 11 is 1.50. The predicted octanol–water partition coefficient (Wildman–Crippen LogP) is 2.84. The Morgan fingerprint density at radius 2 is 1.76 bits per heavy atom. The normalized spacial score (nSPS) is 10.1. The Bertz CT molecular complexity index is 473. The Morgan fingerprint density at radius 3 is 2.47 bits per heavy atom. The zero-order chi connectivity index (χ0) is 11.9. The van der Waals surface area contributed by atoms with Crippen LogP contribution < -0.4 is 0 Å². The molecule has 0 unspecified atom stereocenters. The lowest BCUT2D eigenvalue weighted by molar-refractivity contribution is 0.0989. The van der Waals surface area contributed by atoms with Crippen LogP contribution >= 0.6 is 11.8 Å². The summed E-state index contributed by atoms with van der Waals surface area (Å²) in [6, 6.07) is 11.1. The molecule has 0 N–H and O–H groups in total. The van der Waals surface area contributed by atoms with E-state index in [0.29, 0.717) is 17.3 Å². The molecule has 0 radical (unpaired) electrons. The van der Waals surface area contributed by atoms with Gasteiger partial charge in [0, 0.05) is 30.1 Å². The predicted molar refractivity (Wildman–Crippen MR) is 68.1 cm³/mol. The fourth-order valence-electron chi connectivity index (χ4n) is 1.36. The highest BCUT2D eigenvalue weighted by Gasteiger charge is 2.05. The highest BCUT2D eigenvalue weighted by molar-refractivity contribution is 7.99. The maximum Gasteiger partial charge on any atom is 0.187 e. The van der Waals surface area contributed by atoms with E-state index in [1.165, 1.54) is 11.8 Å². The largest absolute Gasteiger partial charge is 0.294 e. The van der Waals surface area contributed by atoms with Crippen LogP contribution in [0.25, 0.3) is 0 Å². The lowest BCUT2D eigenvalue weighted by Gasteiger charge is -2.00. The standard InChI is InChI=1S/C13H12N2OS/c16-12(11-5-2-1-3-6-11)7-10-17-13-14-8-4-9-15-13/h1-6,8-9H,7,10H2. The molecule has 1 aromatic carbocycles. The number of carbonyl (C=O) groups is 1. The van der Waals surface area contributed by atoms with Crippen LogP contribution in [0.3, 0.4) is 0 Å². The maximum atomic E-state index is 11.8. The van der Waals surface area contributed by atoms with E-state index < -0.39 is 0 Å². The van der Waals surface area contributed by atoms with Gasteiger partial charge in [0.25, 0.3) is 0 Å². The van der Waals surface area contributed by atoms with Crippen molar-refractivity contribution in [3.63, 3.8) is 0 Å². The topological polar surface area (TPSA) is 42.9 Å². The third-order valence-electron chi connectivity index (χ3n) is 2.20. The van der Waals surface area contributed by atoms with E-state index in [0.717, 1.165) is 5.56 Å². The number of Topliss-reactive ketones (excluding diaryl/α,β-unsaturated/α-hetero) is 1. The molecule has 17 heavy (non-hydrogen) atoms. The first kappa shape index (κ1) is 11.8. The van der Waals surface area contributed by atoms with Crippen molar-refractivity contribution < 1.29 is 4.79 Å². The minimum Gasteiger partial charge on any atom is -0.294 e. The quantitative estimate of drug-likeness (QED) is 0.461. The number of thioether (sulfide) groups is 1. The van der Waals surface area contributed by atoms with Crippen molar-refractivity contribution in [1.82, 2.24) is 9.97 Å². The molecule has 0 saturated carbocycles. The third-order valence-corrected chi connectivity index (χ3v) is 3.08. The van der Waals surface area contributed by atoms with Crippen LogP contribution in [0, 0.1) is 0 Å². The molecule has 0 fully saturated rings. The second kappa shape index (κ2) is 6.15. The van der Waals surface area contributed by atoms with E-state index in [1.807, 2.05) is 30.3 Å². The van der Waals surface area contributed by atoms with Crippen molar-refractivity contribution in [2.24, 2.45) is 0 Å². The van der Waals surface area contributed by atoms with Gasteiger partial charge in [-0.3, -0.25) is 4.79 Å². The van der Waals surface area contributed by atoms with E-state index in [4.69, 9.17) is 0 Å². The highest BCUT2D eigenvalue weighted by atomic mass is 32.2. The second-order valence-electron chi connectivity index (χ2n) is 3.42. The van der Waals surface area contributed by atoms with Gasteiger partial charge in [-0.05, 0) is 6.07 Å². The van der Waals surface area contributed by atoms with Crippen molar-refractivity contribution in [2.45, 2.75) is 11.6 Å². The Kier molecular flexibility index (Phi) is 4.27. The van der Waals surface area contributed by atoms with Crippen molar-refractivity contribution in [1.29, 1.82) is 0 Å². The van der Waals surface area contributed by atoms with Crippen molar-refractivity contribution in [3.8, 4) is 0 Å². The van der Waals surface area contributed by atoms with E-state index in [-0.39, 0.29) is 5.78 Å². The van der Waals surface area contributed by atoms with Gasteiger partial charge in [-0.15, -0.1) is 0 Å². The van der Waals surface area contributed by atoms with Gasteiger partial charge in [0.2, 0.25) is 0 Å². The molecule has 0 aliphatic heterocycles. The smallest absolute Gasteiger partial charge is 0.187 e. The SMILES string of the molecule is O=C(CCSc1ncccn1)c1ccccc1. The Hall–Kier alpha value is -1.68. The summed E-state index contributed by atoms with van der Waals surface area (Å²) in [5.74, 6) is 0.867. The van der Waals surface area contributed by atoms with Crippen LogP contribution in [-0.4, -0.2) is 21.5 Å². The zero-order valence-corrected chi connectivity index (χ0v) is 10.1. The molecule has 3 nitrogen and oxygen atoms in total. The fraction of sp³-hybridized carbons (Fsp3) is 0.154. The fourth-order valence-corrected chi connectivity index (χ4v) is 2.10. The summed E-state index contributed by atoms with van der Waals surface area (Å²) in [4.78, 5) is 20.0. The molecule has 0 saturated heterocycles. The molecule has 1 aromatic heterocycles. The summed E-state index contributed by atoms with van der Waals surface area (Å²) in [6.07, 6.45) is 3.91. The van der Waals surface area contributed by atoms with Crippen LogP contribution in [0.4, 0.5) is 0 Å². The van der Waals surface area contributed by atoms with Crippen LogP contribution in [0.1, 0.15) is 16.8 Å². The molecule has 0 aliphatic carbocycles. The number of hydrogen-bond acceptors (Lipinski definition) is 4. The number of benzene rings is 1. The Balaban J connectivity index is 1.82. The monoisotopic (exact) mass is 244 g/mol. The summed E-state index contributed by atoms with van der Waals surface area (Å²) in [5, 5.41) is 0.716. The Labute approximate surface area is 104 Å². The van der Waals surface area contributed by atoms with E-state index in [1.54, 1.807) is 18.5 Å². The van der Waals surface area contributed by atoms with E-state index in [9.17, 15) is 4.79 Å². The average molecular weight is 244 g/mol. The van der Waals surface area contributed by atoms with Gasteiger partial charge in [0.15, 0.2) is 10.9 Å². The maximum absolute atomic E-state index is 11.8. The lowest BCUT2D eigenvalue weighted by Crippen LogP contribution is -2.00. The van der Waals surface area contributed by atoms with E-state index >= 15 is 0 Å². The highest BCUT2D eigenvalue weighted by Crippen LogP contribution is 2.14. The second-order valence-corrected chi connectivity index (χ2v) is 4.48. The molecule has 1 heterocycles. The molecular weight excluding hydrogens is 232 g/mol. The van der Waals surface area contributed by atoms with Crippen molar-refractivity contribution in [3.05, 3.63) is 54.4 Å². The third kappa shape index (κ3) is 3.67. The molecule has 0 amide bonds. The summed E-state index contributed by atoms with van der Waals surface area (Å²) < 4.78 is 0. The van der Waals surface area contributed by atoms with Gasteiger partial charge in [0.1, 0.15) is 0 Å². The number of rotatable bonds is 5. The Morgan fingerprint density at radius 1 is 1.06 bits per heavy atom. The number of aromatic nitrogens is 2. The van der Waals surface area contributed by atoms with Gasteiger partial charge in [-0.1, -0.05) is 42.1 Å². The van der Waals surface area contributed by atoms with Crippen molar-refractivity contribution >= 4 is 17.5 Å². The average Bonchev–Trinajstić information content (AvgIpc) is 2.41. The number of carbonyl (C=O) groups excluding carboxylic acids is 1. The molecule has 2 aromatic rings. The van der Waals surface area contributed by atoms with Crippen LogP contribution in [-0.2, 0) is 0 Å². The summed E-state index contributed by atoms with van der Waals surface area (Å²) in [5.41, 5.74) is 0.766. The minimum absolute atomic E-state index is 0.161. The van der Waals surface area contributed by atoms with Crippen LogP contribution in [0.2, 0.25) is 0 Å². The van der Waals surface area contributed by atoms with Crippen LogP contribution in [0.5, 0.6) is 0 Å². The molecule has 86 valence electrons. The number of nitrogens with zero attached hydrogens (tertiary/aromatic N) is 2. The first-order valence-corrected chi connectivity index (χ1v) is 6.33. The molecule has 0 atom stereocenters.